The highest BCUT2D eigenvalue weighted by atomic mass is 16.6. The highest BCUT2D eigenvalue weighted by Gasteiger charge is 2.33. The molecule has 0 bridgehead atoms. The summed E-state index contributed by atoms with van der Waals surface area (Å²) in [5.41, 5.74) is 0.411. The molecule has 0 aliphatic carbocycles. The number of pyridine rings is 1. The minimum absolute atomic E-state index is 0.0280. The van der Waals surface area contributed by atoms with Crippen molar-refractivity contribution in [1.29, 1.82) is 0 Å². The maximum Gasteiger partial charge on any atom is 0.372 e. The van der Waals surface area contributed by atoms with Crippen molar-refractivity contribution in [2.24, 2.45) is 0 Å². The van der Waals surface area contributed by atoms with Gasteiger partial charge in [0.1, 0.15) is 6.04 Å². The summed E-state index contributed by atoms with van der Waals surface area (Å²) in [5.74, 6) is -0.699. The third kappa shape index (κ3) is 3.10. The Balaban J connectivity index is 1.76. The van der Waals surface area contributed by atoms with E-state index in [1.165, 1.54) is 22.5 Å². The molecule has 0 saturated carbocycles. The zero-order chi connectivity index (χ0) is 18.0. The quantitative estimate of drug-likeness (QED) is 0.597. The number of likely N-dealkylation sites (N-methyl/N-ethyl adjacent to an activating group) is 1. The molecular weight excluding hydrogens is 328 g/mol. The molecule has 0 spiro atoms. The van der Waals surface area contributed by atoms with Crippen molar-refractivity contribution in [3.05, 3.63) is 34.5 Å². The van der Waals surface area contributed by atoms with Crippen LogP contribution >= 0.6 is 0 Å². The smallest absolute Gasteiger partial charge is 0.358 e. The van der Waals surface area contributed by atoms with Crippen LogP contribution in [0.2, 0.25) is 0 Å². The second kappa shape index (κ2) is 6.75. The summed E-state index contributed by atoms with van der Waals surface area (Å²) >= 11 is 0. The third-order valence-corrected chi connectivity index (χ3v) is 4.21. The number of aromatic nitrogens is 2. The Kier molecular flexibility index (Phi) is 4.50. The van der Waals surface area contributed by atoms with Crippen molar-refractivity contribution >= 4 is 29.1 Å². The minimum Gasteiger partial charge on any atom is -0.358 e. The van der Waals surface area contributed by atoms with Gasteiger partial charge in [-0.1, -0.05) is 6.07 Å². The Morgan fingerprint density at radius 3 is 2.96 bits per heavy atom. The molecule has 2 N–H and O–H groups in total. The van der Waals surface area contributed by atoms with Crippen LogP contribution in [0.3, 0.4) is 0 Å². The molecule has 2 amide bonds. The summed E-state index contributed by atoms with van der Waals surface area (Å²) < 4.78 is 1.34. The third-order valence-electron chi connectivity index (χ3n) is 4.21. The molecule has 1 fully saturated rings. The number of hydrogen-bond acceptors (Lipinski definition) is 6. The van der Waals surface area contributed by atoms with E-state index < -0.39 is 11.0 Å². The van der Waals surface area contributed by atoms with Crippen molar-refractivity contribution < 1.29 is 14.5 Å². The zero-order valence-corrected chi connectivity index (χ0v) is 13.6. The molecule has 1 saturated heterocycles. The van der Waals surface area contributed by atoms with Gasteiger partial charge in [0.15, 0.2) is 0 Å². The molecule has 0 radical (unpaired) electrons. The lowest BCUT2D eigenvalue weighted by atomic mass is 10.2. The zero-order valence-electron chi connectivity index (χ0n) is 13.6. The summed E-state index contributed by atoms with van der Waals surface area (Å²) in [6.07, 6.45) is 2.90. The normalized spacial score (nSPS) is 16.8. The fraction of sp³-hybridized carbons (Fsp3) is 0.400. The van der Waals surface area contributed by atoms with Crippen LogP contribution in [0.1, 0.15) is 12.8 Å². The molecule has 132 valence electrons. The van der Waals surface area contributed by atoms with Gasteiger partial charge in [0.25, 0.3) is 0 Å². The first-order chi connectivity index (χ1) is 12.0. The van der Waals surface area contributed by atoms with E-state index in [0.717, 1.165) is 6.42 Å². The summed E-state index contributed by atoms with van der Waals surface area (Å²) in [6.45, 7) is 0.323. The van der Waals surface area contributed by atoms with E-state index in [0.29, 0.717) is 18.6 Å². The van der Waals surface area contributed by atoms with E-state index in [1.54, 1.807) is 18.2 Å². The number of nitro groups is 1. The molecule has 3 heterocycles. The van der Waals surface area contributed by atoms with Crippen molar-refractivity contribution in [1.82, 2.24) is 19.6 Å². The molecule has 25 heavy (non-hydrogen) atoms. The van der Waals surface area contributed by atoms with Gasteiger partial charge in [-0.2, -0.15) is 9.38 Å². The fourth-order valence-corrected chi connectivity index (χ4v) is 3.04. The number of anilines is 1. The van der Waals surface area contributed by atoms with Crippen LogP contribution < -0.4 is 10.6 Å². The molecule has 1 aliphatic rings. The Bertz CT molecular complexity index is 833. The van der Waals surface area contributed by atoms with Gasteiger partial charge in [-0.15, -0.1) is 0 Å². The maximum atomic E-state index is 12.4. The first-order valence-corrected chi connectivity index (χ1v) is 7.89. The number of fused-ring (bicyclic) bond motifs is 1. The number of nitrogens with one attached hydrogen (secondary N) is 2. The van der Waals surface area contributed by atoms with Crippen LogP contribution in [0.25, 0.3) is 5.65 Å². The number of nitrogens with zero attached hydrogens (tertiary/aromatic N) is 4. The number of carbonyl (C=O) groups is 2. The topological polar surface area (TPSA) is 122 Å². The monoisotopic (exact) mass is 346 g/mol. The van der Waals surface area contributed by atoms with Crippen molar-refractivity contribution in [3.8, 4) is 0 Å². The molecule has 1 atom stereocenters. The van der Waals surface area contributed by atoms with Crippen LogP contribution in [0, 0.1) is 10.1 Å². The average Bonchev–Trinajstić information content (AvgIpc) is 3.23. The van der Waals surface area contributed by atoms with E-state index >= 15 is 0 Å². The van der Waals surface area contributed by atoms with E-state index in [9.17, 15) is 19.7 Å². The Labute approximate surface area is 143 Å². The highest BCUT2D eigenvalue weighted by molar-refractivity contribution is 5.89. The van der Waals surface area contributed by atoms with Gasteiger partial charge < -0.3 is 25.6 Å². The van der Waals surface area contributed by atoms with E-state index in [1.807, 2.05) is 0 Å². The van der Waals surface area contributed by atoms with Crippen molar-refractivity contribution in [2.45, 2.75) is 18.9 Å². The Morgan fingerprint density at radius 2 is 2.24 bits per heavy atom. The van der Waals surface area contributed by atoms with Crippen LogP contribution in [-0.4, -0.2) is 57.2 Å². The van der Waals surface area contributed by atoms with Gasteiger partial charge in [-0.05, 0) is 23.8 Å². The molecular formula is C15H18N6O4. The van der Waals surface area contributed by atoms with Gasteiger partial charge in [0.2, 0.25) is 23.3 Å². The average molecular weight is 346 g/mol. The lowest BCUT2D eigenvalue weighted by Gasteiger charge is -2.23. The maximum absolute atomic E-state index is 12.4. The molecule has 0 aromatic carbocycles. The molecule has 10 heteroatoms. The predicted octanol–water partition coefficient (Wildman–Crippen LogP) is 0.391. The molecule has 2 aromatic heterocycles. The summed E-state index contributed by atoms with van der Waals surface area (Å²) in [5, 5.41) is 16.6. The largest absolute Gasteiger partial charge is 0.372 e. The number of hydrogen-bond donors (Lipinski definition) is 2. The molecule has 3 rings (SSSR count). The van der Waals surface area contributed by atoms with Crippen LogP contribution in [-0.2, 0) is 9.59 Å². The van der Waals surface area contributed by atoms with Gasteiger partial charge in [0, 0.05) is 19.7 Å². The van der Waals surface area contributed by atoms with Gasteiger partial charge in [0.05, 0.1) is 12.7 Å². The number of amides is 2. The number of likely N-dealkylation sites (tertiary alicyclic amines) is 1. The lowest BCUT2D eigenvalue weighted by molar-refractivity contribution is -0.389. The SMILES string of the molecule is CNC(=O)[C@H]1CCCN1C(=O)CNc1nc2ccccn2c1[N+](=O)[O-]. The van der Waals surface area contributed by atoms with Crippen molar-refractivity contribution in [2.75, 3.05) is 25.5 Å². The predicted molar refractivity (Wildman–Crippen MR) is 89.1 cm³/mol. The van der Waals surface area contributed by atoms with E-state index in [2.05, 4.69) is 15.6 Å². The Hall–Kier alpha value is -3.17. The second-order valence-electron chi connectivity index (χ2n) is 5.68. The van der Waals surface area contributed by atoms with Crippen molar-refractivity contribution in [3.63, 3.8) is 0 Å². The molecule has 10 nitrogen and oxygen atoms in total. The van der Waals surface area contributed by atoms with E-state index in [-0.39, 0.29) is 30.0 Å². The Morgan fingerprint density at radius 1 is 1.44 bits per heavy atom. The lowest BCUT2D eigenvalue weighted by Crippen LogP contribution is -2.46. The van der Waals surface area contributed by atoms with Crippen LogP contribution in [0.5, 0.6) is 0 Å². The second-order valence-corrected chi connectivity index (χ2v) is 5.68. The van der Waals surface area contributed by atoms with Gasteiger partial charge in [-0.25, -0.2) is 0 Å². The first-order valence-electron chi connectivity index (χ1n) is 7.89. The molecule has 0 unspecified atom stereocenters. The highest BCUT2D eigenvalue weighted by Crippen LogP contribution is 2.25. The molecule has 1 aliphatic heterocycles. The molecule has 2 aromatic rings. The standard InChI is InChI=1S/C15H18N6O4/c1-16-14(23)10-5-4-8-19(10)12(22)9-17-13-15(21(24)25)20-7-3-2-6-11(20)18-13/h2-3,6-7,10,17H,4-5,8-9H2,1H3,(H,16,23)/t10-/m1/s1. The number of imidazole rings is 1. The summed E-state index contributed by atoms with van der Waals surface area (Å²) in [6, 6.07) is 4.53. The van der Waals surface area contributed by atoms with Gasteiger partial charge in [-0.3, -0.25) is 9.59 Å². The summed E-state index contributed by atoms with van der Waals surface area (Å²) in [4.78, 5) is 40.7. The minimum atomic E-state index is -0.546. The summed E-state index contributed by atoms with van der Waals surface area (Å²) in [7, 11) is 1.53. The first kappa shape index (κ1) is 16.7. The van der Waals surface area contributed by atoms with E-state index in [4.69, 9.17) is 0 Å². The fourth-order valence-electron chi connectivity index (χ4n) is 3.04. The number of rotatable bonds is 5. The number of carbonyl (C=O) groups excluding carboxylic acids is 2. The van der Waals surface area contributed by atoms with Crippen LogP contribution in [0.15, 0.2) is 24.4 Å². The van der Waals surface area contributed by atoms with Crippen LogP contribution in [0.4, 0.5) is 11.6 Å². The van der Waals surface area contributed by atoms with Gasteiger partial charge >= 0.3 is 5.82 Å².